The lowest BCUT2D eigenvalue weighted by Crippen LogP contribution is -2.50. The first-order valence-electron chi connectivity index (χ1n) is 12.6. The van der Waals surface area contributed by atoms with Gasteiger partial charge in [-0.1, -0.05) is 49.8 Å². The summed E-state index contributed by atoms with van der Waals surface area (Å²) in [6, 6.07) is 15.7. The number of hydrogen-bond donors (Lipinski definition) is 3. The van der Waals surface area contributed by atoms with Gasteiger partial charge in [-0.15, -0.1) is 0 Å². The van der Waals surface area contributed by atoms with Gasteiger partial charge in [-0.3, -0.25) is 9.59 Å². The molecule has 2 aromatic rings. The van der Waals surface area contributed by atoms with Crippen LogP contribution in [0.1, 0.15) is 52.5 Å². The van der Waals surface area contributed by atoms with Crippen molar-refractivity contribution in [1.82, 2.24) is 10.6 Å². The molecule has 0 aromatic heterocycles. The van der Waals surface area contributed by atoms with E-state index in [1.165, 1.54) is 6.08 Å². The molecule has 2 rings (SSSR count). The maximum atomic E-state index is 13.1. The molecule has 0 aliphatic heterocycles. The van der Waals surface area contributed by atoms with Gasteiger partial charge < -0.3 is 25.4 Å². The Morgan fingerprint density at radius 2 is 1.62 bits per heavy atom. The zero-order valence-corrected chi connectivity index (χ0v) is 22.4. The third-order valence-corrected chi connectivity index (χ3v) is 5.34. The number of anilines is 1. The van der Waals surface area contributed by atoms with Crippen LogP contribution < -0.4 is 20.7 Å². The Kier molecular flexibility index (Phi) is 11.7. The molecule has 0 fully saturated rings. The van der Waals surface area contributed by atoms with E-state index in [-0.39, 0.29) is 11.8 Å². The molecule has 200 valence electrons. The van der Waals surface area contributed by atoms with Gasteiger partial charge in [0.1, 0.15) is 17.4 Å². The number of ether oxygens (including phenoxy) is 2. The van der Waals surface area contributed by atoms with E-state index in [1.807, 2.05) is 37.3 Å². The first-order valence-corrected chi connectivity index (χ1v) is 12.6. The molecule has 0 radical (unpaired) electrons. The van der Waals surface area contributed by atoms with Gasteiger partial charge in [0.15, 0.2) is 0 Å². The van der Waals surface area contributed by atoms with Crippen LogP contribution in [-0.2, 0) is 20.7 Å². The number of nitrogens with one attached hydrogen (secondary N) is 3. The van der Waals surface area contributed by atoms with Crippen LogP contribution in [0.25, 0.3) is 0 Å². The Morgan fingerprint density at radius 1 is 0.946 bits per heavy atom. The van der Waals surface area contributed by atoms with Gasteiger partial charge in [0.05, 0.1) is 7.11 Å². The molecule has 2 atom stereocenters. The number of alkyl carbamates (subject to hydrolysis) is 1. The number of benzene rings is 2. The quantitative estimate of drug-likeness (QED) is 0.349. The average Bonchev–Trinajstić information content (AvgIpc) is 2.85. The van der Waals surface area contributed by atoms with Crippen molar-refractivity contribution in [2.24, 2.45) is 0 Å². The molecule has 0 heterocycles. The standard InChI is InChI=1S/C29H39N3O5/c1-6-10-25(32-28(35)37-29(2,3)4)27(34)31-23(14-13-21-11-8-7-9-12-21)17-20-26(33)30-22-15-18-24(36-5)19-16-22/h7-9,11-12,15-20,23,25H,6,10,13-14H2,1-5H3,(H,30,33)(H,31,34)(H,32,35)/b20-17+/t23-,25-/m0/s1. The molecule has 3 amide bonds. The van der Waals surface area contributed by atoms with Gasteiger partial charge >= 0.3 is 6.09 Å². The van der Waals surface area contributed by atoms with E-state index in [0.717, 1.165) is 5.56 Å². The van der Waals surface area contributed by atoms with Crippen LogP contribution in [-0.4, -0.2) is 42.7 Å². The average molecular weight is 510 g/mol. The highest BCUT2D eigenvalue weighted by Crippen LogP contribution is 2.15. The maximum absolute atomic E-state index is 13.1. The van der Waals surface area contributed by atoms with Gasteiger partial charge in [-0.05, 0) is 69.9 Å². The van der Waals surface area contributed by atoms with Crippen molar-refractivity contribution in [3.05, 3.63) is 72.3 Å². The van der Waals surface area contributed by atoms with Crippen LogP contribution in [0.15, 0.2) is 66.7 Å². The van der Waals surface area contributed by atoms with Crippen molar-refractivity contribution in [2.45, 2.75) is 71.1 Å². The van der Waals surface area contributed by atoms with Crippen molar-refractivity contribution in [3.8, 4) is 5.75 Å². The number of rotatable bonds is 12. The van der Waals surface area contributed by atoms with E-state index in [9.17, 15) is 14.4 Å². The number of carbonyl (C=O) groups excluding carboxylic acids is 3. The number of aryl methyl sites for hydroxylation is 1. The van der Waals surface area contributed by atoms with Crippen LogP contribution in [0.4, 0.5) is 10.5 Å². The predicted octanol–water partition coefficient (Wildman–Crippen LogP) is 5.00. The number of carbonyl (C=O) groups is 3. The molecule has 0 saturated carbocycles. The summed E-state index contributed by atoms with van der Waals surface area (Å²) in [5.41, 5.74) is 1.08. The summed E-state index contributed by atoms with van der Waals surface area (Å²) in [6.45, 7) is 7.24. The zero-order valence-electron chi connectivity index (χ0n) is 22.4. The summed E-state index contributed by atoms with van der Waals surface area (Å²) in [5.74, 6) is 0.0472. The van der Waals surface area contributed by atoms with E-state index < -0.39 is 23.8 Å². The molecule has 8 heteroatoms. The fourth-order valence-electron chi connectivity index (χ4n) is 3.54. The van der Waals surface area contributed by atoms with Gasteiger partial charge in [-0.2, -0.15) is 0 Å². The lowest BCUT2D eigenvalue weighted by atomic mass is 10.0. The molecular weight excluding hydrogens is 470 g/mol. The fourth-order valence-corrected chi connectivity index (χ4v) is 3.54. The molecule has 0 saturated heterocycles. The molecule has 2 aromatic carbocycles. The van der Waals surface area contributed by atoms with E-state index in [1.54, 1.807) is 58.2 Å². The van der Waals surface area contributed by atoms with Crippen LogP contribution in [0.2, 0.25) is 0 Å². The van der Waals surface area contributed by atoms with Crippen LogP contribution in [0.3, 0.4) is 0 Å². The zero-order chi connectivity index (χ0) is 27.3. The van der Waals surface area contributed by atoms with Crippen molar-refractivity contribution < 1.29 is 23.9 Å². The van der Waals surface area contributed by atoms with Gasteiger partial charge in [0.25, 0.3) is 0 Å². The van der Waals surface area contributed by atoms with E-state index in [4.69, 9.17) is 9.47 Å². The van der Waals surface area contributed by atoms with E-state index in [0.29, 0.717) is 37.1 Å². The molecule has 3 N–H and O–H groups in total. The monoisotopic (exact) mass is 509 g/mol. The minimum absolute atomic E-state index is 0.318. The first-order chi connectivity index (χ1) is 17.6. The minimum Gasteiger partial charge on any atom is -0.497 e. The molecule has 0 aliphatic rings. The fraction of sp³-hybridized carbons (Fsp3) is 0.414. The second kappa shape index (κ2) is 14.7. The molecule has 0 spiro atoms. The van der Waals surface area contributed by atoms with Crippen LogP contribution in [0.5, 0.6) is 5.75 Å². The van der Waals surface area contributed by atoms with Gasteiger partial charge in [0.2, 0.25) is 11.8 Å². The lowest BCUT2D eigenvalue weighted by Gasteiger charge is -2.24. The van der Waals surface area contributed by atoms with Crippen LogP contribution >= 0.6 is 0 Å². The minimum atomic E-state index is -0.749. The number of methoxy groups -OCH3 is 1. The normalized spacial score (nSPS) is 12.9. The Balaban J connectivity index is 2.09. The molecular formula is C29H39N3O5. The largest absolute Gasteiger partial charge is 0.497 e. The lowest BCUT2D eigenvalue weighted by molar-refractivity contribution is -0.124. The Bertz CT molecular complexity index is 1030. The Hall–Kier alpha value is -3.81. The van der Waals surface area contributed by atoms with Gasteiger partial charge in [0, 0.05) is 17.8 Å². The van der Waals surface area contributed by atoms with Crippen molar-refractivity contribution in [2.75, 3.05) is 12.4 Å². The summed E-state index contributed by atoms with van der Waals surface area (Å²) < 4.78 is 10.5. The summed E-state index contributed by atoms with van der Waals surface area (Å²) in [6.07, 6.45) is 4.88. The van der Waals surface area contributed by atoms with Crippen molar-refractivity contribution in [3.63, 3.8) is 0 Å². The van der Waals surface area contributed by atoms with Crippen LogP contribution in [0, 0.1) is 0 Å². The highest BCUT2D eigenvalue weighted by molar-refractivity contribution is 5.99. The first kappa shape index (κ1) is 29.4. The highest BCUT2D eigenvalue weighted by atomic mass is 16.6. The van der Waals surface area contributed by atoms with Gasteiger partial charge in [-0.25, -0.2) is 4.79 Å². The molecule has 0 aliphatic carbocycles. The molecule has 0 bridgehead atoms. The van der Waals surface area contributed by atoms with Crippen molar-refractivity contribution >= 4 is 23.6 Å². The summed E-state index contributed by atoms with van der Waals surface area (Å²) >= 11 is 0. The summed E-state index contributed by atoms with van der Waals surface area (Å²) in [5, 5.41) is 8.45. The second-order valence-corrected chi connectivity index (χ2v) is 9.70. The Labute approximate surface area is 219 Å². The molecule has 37 heavy (non-hydrogen) atoms. The van der Waals surface area contributed by atoms with Crippen molar-refractivity contribution in [1.29, 1.82) is 0 Å². The second-order valence-electron chi connectivity index (χ2n) is 9.70. The molecule has 8 nitrogen and oxygen atoms in total. The third kappa shape index (κ3) is 11.6. The number of amides is 3. The SMILES string of the molecule is CCC[C@H](NC(=O)OC(C)(C)C)C(=O)N[C@H](/C=C/C(=O)Nc1ccc(OC)cc1)CCc1ccccc1. The summed E-state index contributed by atoms with van der Waals surface area (Å²) in [7, 11) is 1.58. The van der Waals surface area contributed by atoms with E-state index in [2.05, 4.69) is 16.0 Å². The summed E-state index contributed by atoms with van der Waals surface area (Å²) in [4.78, 5) is 37.9. The van der Waals surface area contributed by atoms with E-state index >= 15 is 0 Å². The topological polar surface area (TPSA) is 106 Å². The highest BCUT2D eigenvalue weighted by Gasteiger charge is 2.25. The number of hydrogen-bond acceptors (Lipinski definition) is 5. The maximum Gasteiger partial charge on any atom is 0.408 e. The third-order valence-electron chi connectivity index (χ3n) is 5.34. The Morgan fingerprint density at radius 3 is 2.22 bits per heavy atom. The molecule has 0 unspecified atom stereocenters. The predicted molar refractivity (Wildman–Crippen MR) is 146 cm³/mol. The smallest absolute Gasteiger partial charge is 0.408 e.